The molecule has 1 aliphatic rings. The molecule has 0 bridgehead atoms. The van der Waals surface area contributed by atoms with Crippen LogP contribution in [0.25, 0.3) is 11.3 Å². The minimum atomic E-state index is -1.57. The summed E-state index contributed by atoms with van der Waals surface area (Å²) in [6.45, 7) is 29.9. The number of nitrogens with zero attached hydrogens (tertiary/aromatic N) is 1. The zero-order valence-corrected chi connectivity index (χ0v) is 27.0. The van der Waals surface area contributed by atoms with E-state index in [4.69, 9.17) is 0 Å². The lowest BCUT2D eigenvalue weighted by Crippen LogP contribution is -2.54. The molecule has 38 heavy (non-hydrogen) atoms. The molecule has 3 rings (SSSR count). The average Bonchev–Trinajstić information content (AvgIpc) is 2.81. The van der Waals surface area contributed by atoms with Crippen LogP contribution in [0.3, 0.4) is 0 Å². The molecule has 206 valence electrons. The second-order valence-electron chi connectivity index (χ2n) is 13.8. The Labute approximate surface area is 235 Å². The van der Waals surface area contributed by atoms with Crippen molar-refractivity contribution in [3.8, 4) is 11.3 Å². The molecule has 0 radical (unpaired) electrons. The molecule has 0 aliphatic carbocycles. The Hall–Kier alpha value is -2.39. The van der Waals surface area contributed by atoms with E-state index in [-0.39, 0.29) is 5.41 Å². The molecule has 2 unspecified atom stereocenters. The van der Waals surface area contributed by atoms with Gasteiger partial charge in [-0.2, -0.15) is 4.57 Å². The molecule has 0 fully saturated rings. The predicted molar refractivity (Wildman–Crippen MR) is 170 cm³/mol. The van der Waals surface area contributed by atoms with Gasteiger partial charge in [-0.1, -0.05) is 97.3 Å². The van der Waals surface area contributed by atoms with Gasteiger partial charge in [0.05, 0.1) is 13.6 Å². The summed E-state index contributed by atoms with van der Waals surface area (Å²) in [7, 11) is 0.437. The van der Waals surface area contributed by atoms with Crippen molar-refractivity contribution in [3.63, 3.8) is 0 Å². The van der Waals surface area contributed by atoms with Crippen molar-refractivity contribution in [2.24, 2.45) is 5.92 Å². The smallest absolute Gasteiger partial charge is 0.213 e. The Balaban J connectivity index is 2.34. The van der Waals surface area contributed by atoms with E-state index in [1.807, 2.05) is 7.05 Å². The van der Waals surface area contributed by atoms with Crippen LogP contribution in [0, 0.1) is 5.92 Å². The van der Waals surface area contributed by atoms with Crippen LogP contribution in [0.5, 0.6) is 0 Å². The third-order valence-electron chi connectivity index (χ3n) is 8.04. The van der Waals surface area contributed by atoms with Crippen LogP contribution in [0.15, 0.2) is 67.0 Å². The van der Waals surface area contributed by atoms with Gasteiger partial charge in [0.1, 0.15) is 0 Å². The zero-order chi connectivity index (χ0) is 28.4. The summed E-state index contributed by atoms with van der Waals surface area (Å²) in [6.07, 6.45) is 11.0. The lowest BCUT2D eigenvalue weighted by Gasteiger charge is -2.34. The topological polar surface area (TPSA) is 15.9 Å². The van der Waals surface area contributed by atoms with Gasteiger partial charge in [-0.15, -0.1) is 0 Å². The first kappa shape index (κ1) is 30.2. The van der Waals surface area contributed by atoms with Gasteiger partial charge >= 0.3 is 0 Å². The standard InChI is InChI=1S/C35H53N2Si/c1-13-14-25(4)15-17-30-29-18-16-28(35(6,7)8)22-31(29)33-21-27(19-24(2)3)34(38(10,11)12)23-37(33)32(30)20-26(5)36-9/h13-14,16,18,21-24,30,32,36H,4-5,15,17,19-20H2,1-3,6-12H3/q+1/b14-13-. The Morgan fingerprint density at radius 2 is 1.82 bits per heavy atom. The van der Waals surface area contributed by atoms with Gasteiger partial charge in [0.25, 0.3) is 0 Å². The Kier molecular flexibility index (Phi) is 9.35. The van der Waals surface area contributed by atoms with E-state index in [0.717, 1.165) is 31.4 Å². The summed E-state index contributed by atoms with van der Waals surface area (Å²) in [6, 6.07) is 10.2. The van der Waals surface area contributed by atoms with E-state index < -0.39 is 8.07 Å². The second kappa shape index (κ2) is 11.8. The third kappa shape index (κ3) is 6.78. The Bertz CT molecular complexity index is 1200. The van der Waals surface area contributed by atoms with Crippen LogP contribution < -0.4 is 15.1 Å². The number of rotatable bonds is 10. The summed E-state index contributed by atoms with van der Waals surface area (Å²) >= 11 is 0. The van der Waals surface area contributed by atoms with Crippen LogP contribution >= 0.6 is 0 Å². The third-order valence-corrected chi connectivity index (χ3v) is 10.1. The summed E-state index contributed by atoms with van der Waals surface area (Å²) < 4.78 is 2.65. The van der Waals surface area contributed by atoms with E-state index in [9.17, 15) is 0 Å². The average molecular weight is 530 g/mol. The highest BCUT2D eigenvalue weighted by molar-refractivity contribution is 6.89. The van der Waals surface area contributed by atoms with Gasteiger partial charge in [-0.05, 0) is 60.3 Å². The van der Waals surface area contributed by atoms with Crippen LogP contribution in [-0.4, -0.2) is 15.1 Å². The molecule has 1 aromatic heterocycles. The van der Waals surface area contributed by atoms with Crippen LogP contribution in [0.2, 0.25) is 19.6 Å². The first-order valence-corrected chi connectivity index (χ1v) is 18.1. The first-order valence-electron chi connectivity index (χ1n) is 14.6. The van der Waals surface area contributed by atoms with Crippen molar-refractivity contribution >= 4 is 13.3 Å². The van der Waals surface area contributed by atoms with Gasteiger partial charge in [0.2, 0.25) is 5.69 Å². The van der Waals surface area contributed by atoms with E-state index in [1.165, 1.54) is 28.0 Å². The lowest BCUT2D eigenvalue weighted by molar-refractivity contribution is -0.717. The molecule has 1 aliphatic heterocycles. The molecule has 2 aromatic rings. The molecule has 0 saturated heterocycles. The summed E-state index contributed by atoms with van der Waals surface area (Å²) in [5.41, 5.74) is 9.63. The molecular formula is C35H53N2Si+. The van der Waals surface area contributed by atoms with Gasteiger partial charge in [0, 0.05) is 36.3 Å². The fourth-order valence-electron chi connectivity index (χ4n) is 5.96. The molecule has 1 aromatic carbocycles. The number of benzene rings is 1. The maximum atomic E-state index is 4.39. The minimum Gasteiger partial charge on any atom is -0.392 e. The number of hydrogen-bond donors (Lipinski definition) is 1. The second-order valence-corrected chi connectivity index (χ2v) is 18.9. The fraction of sp³-hybridized carbons (Fsp3) is 0.514. The minimum absolute atomic E-state index is 0.103. The summed E-state index contributed by atoms with van der Waals surface area (Å²) in [5.74, 6) is 1.02. The molecular weight excluding hydrogens is 476 g/mol. The van der Waals surface area contributed by atoms with Crippen molar-refractivity contribution in [1.29, 1.82) is 0 Å². The quantitative estimate of drug-likeness (QED) is 0.186. The number of nitrogens with one attached hydrogen (secondary N) is 1. The van der Waals surface area contributed by atoms with Gasteiger partial charge in [0.15, 0.2) is 12.2 Å². The SMILES string of the molecule is C=C(/C=C\C)CCC1c2ccc(C(C)(C)C)cc2-c2cc(CC(C)C)c([Si](C)(C)C)c[n+]2C1CC(=C)NC. The monoisotopic (exact) mass is 529 g/mol. The molecule has 1 N–H and O–H groups in total. The first-order chi connectivity index (χ1) is 17.7. The van der Waals surface area contributed by atoms with Crippen LogP contribution in [0.4, 0.5) is 0 Å². The Morgan fingerprint density at radius 1 is 1.13 bits per heavy atom. The van der Waals surface area contributed by atoms with Crippen molar-refractivity contribution in [1.82, 2.24) is 5.32 Å². The molecule has 0 saturated carbocycles. The van der Waals surface area contributed by atoms with Crippen molar-refractivity contribution in [2.45, 2.75) is 104 Å². The summed E-state index contributed by atoms with van der Waals surface area (Å²) in [4.78, 5) is 0. The molecule has 2 heterocycles. The molecule has 2 nitrogen and oxygen atoms in total. The number of hydrogen-bond acceptors (Lipinski definition) is 1. The summed E-state index contributed by atoms with van der Waals surface area (Å²) in [5, 5.41) is 4.96. The molecule has 0 spiro atoms. The van der Waals surface area contributed by atoms with Crippen molar-refractivity contribution < 1.29 is 4.57 Å². The highest BCUT2D eigenvalue weighted by Crippen LogP contribution is 2.44. The number of aromatic nitrogens is 1. The van der Waals surface area contributed by atoms with Gasteiger partial charge in [-0.3, -0.25) is 0 Å². The van der Waals surface area contributed by atoms with Gasteiger partial charge in [-0.25, -0.2) is 0 Å². The van der Waals surface area contributed by atoms with E-state index >= 15 is 0 Å². The highest BCUT2D eigenvalue weighted by atomic mass is 28.3. The van der Waals surface area contributed by atoms with Crippen LogP contribution in [0.1, 0.15) is 89.5 Å². The number of allylic oxidation sites excluding steroid dienone is 4. The van der Waals surface area contributed by atoms with E-state index in [0.29, 0.717) is 17.9 Å². The largest absolute Gasteiger partial charge is 0.392 e. The fourth-order valence-corrected chi connectivity index (χ4v) is 7.62. The Morgan fingerprint density at radius 3 is 2.37 bits per heavy atom. The molecule has 2 atom stereocenters. The van der Waals surface area contributed by atoms with Crippen LogP contribution in [-0.2, 0) is 11.8 Å². The zero-order valence-electron chi connectivity index (χ0n) is 26.0. The normalized spacial score (nSPS) is 17.4. The lowest BCUT2D eigenvalue weighted by atomic mass is 9.75. The molecule has 0 amide bonds. The number of fused-ring (bicyclic) bond motifs is 3. The van der Waals surface area contributed by atoms with Crippen molar-refractivity contribution in [3.05, 3.63) is 83.7 Å². The van der Waals surface area contributed by atoms with Gasteiger partial charge < -0.3 is 5.32 Å². The highest BCUT2D eigenvalue weighted by Gasteiger charge is 2.42. The van der Waals surface area contributed by atoms with E-state index in [2.05, 4.69) is 127 Å². The maximum Gasteiger partial charge on any atom is 0.213 e. The predicted octanol–water partition coefficient (Wildman–Crippen LogP) is 8.36. The molecule has 3 heteroatoms. The van der Waals surface area contributed by atoms with Crippen molar-refractivity contribution in [2.75, 3.05) is 7.05 Å². The van der Waals surface area contributed by atoms with E-state index in [1.54, 1.807) is 10.8 Å². The maximum absolute atomic E-state index is 4.39. The number of pyridine rings is 1.